The molecule has 0 amide bonds. The van der Waals surface area contributed by atoms with E-state index < -0.39 is 0 Å². The summed E-state index contributed by atoms with van der Waals surface area (Å²) in [7, 11) is 1.72. The van der Waals surface area contributed by atoms with Crippen molar-refractivity contribution in [3.8, 4) is 5.75 Å². The first-order chi connectivity index (χ1) is 9.31. The Morgan fingerprint density at radius 3 is 2.68 bits per heavy atom. The average molecular weight is 256 g/mol. The molecule has 19 heavy (non-hydrogen) atoms. The molecule has 1 aromatic carbocycles. The zero-order valence-corrected chi connectivity index (χ0v) is 11.4. The lowest BCUT2D eigenvalue weighted by Gasteiger charge is -2.39. The third-order valence-electron chi connectivity index (χ3n) is 4.80. The average Bonchev–Trinajstić information content (AvgIpc) is 3.01. The molecule has 3 heteroatoms. The molecular weight excluding hydrogens is 236 g/mol. The van der Waals surface area contributed by atoms with Crippen LogP contribution in [-0.2, 0) is 6.54 Å². The summed E-state index contributed by atoms with van der Waals surface area (Å²) in [5.74, 6) is 0.939. The summed E-state index contributed by atoms with van der Waals surface area (Å²) in [6.07, 6.45) is 6.33. The van der Waals surface area contributed by atoms with Crippen LogP contribution in [0.3, 0.4) is 0 Å². The summed E-state index contributed by atoms with van der Waals surface area (Å²) >= 11 is 0. The molecule has 2 heterocycles. The van der Waals surface area contributed by atoms with E-state index in [9.17, 15) is 0 Å². The minimum Gasteiger partial charge on any atom is -0.497 e. The van der Waals surface area contributed by atoms with Crippen LogP contribution in [0.1, 0.15) is 19.3 Å². The van der Waals surface area contributed by atoms with Crippen LogP contribution in [0, 0.1) is 0 Å². The number of methoxy groups -OCH3 is 1. The van der Waals surface area contributed by atoms with Crippen molar-refractivity contribution in [2.24, 2.45) is 0 Å². The predicted octanol–water partition coefficient (Wildman–Crippen LogP) is 2.89. The molecule has 0 atom stereocenters. The van der Waals surface area contributed by atoms with E-state index >= 15 is 0 Å². The highest BCUT2D eigenvalue weighted by atomic mass is 16.5. The first kappa shape index (κ1) is 11.4. The van der Waals surface area contributed by atoms with Crippen LogP contribution in [0.5, 0.6) is 5.75 Å². The smallest absolute Gasteiger partial charge is 0.119 e. The maximum atomic E-state index is 5.29. The predicted molar refractivity (Wildman–Crippen MR) is 76.6 cm³/mol. The maximum Gasteiger partial charge on any atom is 0.119 e. The van der Waals surface area contributed by atoms with Crippen molar-refractivity contribution >= 4 is 10.9 Å². The minimum absolute atomic E-state index is 0.476. The van der Waals surface area contributed by atoms with E-state index in [4.69, 9.17) is 4.74 Å². The number of nitrogens with zero attached hydrogens (tertiary/aromatic N) is 2. The fourth-order valence-electron chi connectivity index (χ4n) is 3.27. The number of hydrogen-bond donors (Lipinski definition) is 0. The Hall–Kier alpha value is -1.48. The van der Waals surface area contributed by atoms with Gasteiger partial charge in [0.25, 0.3) is 0 Å². The Bertz CT molecular complexity index is 608. The number of rotatable bonds is 4. The van der Waals surface area contributed by atoms with Gasteiger partial charge in [-0.25, -0.2) is 0 Å². The SMILES string of the molecule is COc1ccc2c(ccn2CC2(N3CCC3)CC2)c1. The van der Waals surface area contributed by atoms with Crippen molar-refractivity contribution in [2.45, 2.75) is 31.3 Å². The van der Waals surface area contributed by atoms with Gasteiger partial charge < -0.3 is 9.30 Å². The molecular formula is C16H20N2O. The molecule has 0 N–H and O–H groups in total. The summed E-state index contributed by atoms with van der Waals surface area (Å²) in [6, 6.07) is 8.56. The number of fused-ring (bicyclic) bond motifs is 1. The van der Waals surface area contributed by atoms with Crippen LogP contribution in [0.15, 0.2) is 30.5 Å². The van der Waals surface area contributed by atoms with Crippen molar-refractivity contribution in [3.63, 3.8) is 0 Å². The van der Waals surface area contributed by atoms with Gasteiger partial charge in [-0.05, 0) is 56.6 Å². The third-order valence-corrected chi connectivity index (χ3v) is 4.80. The minimum atomic E-state index is 0.476. The molecule has 4 rings (SSSR count). The Kier molecular flexibility index (Phi) is 2.39. The Morgan fingerprint density at radius 2 is 2.05 bits per heavy atom. The van der Waals surface area contributed by atoms with E-state index in [-0.39, 0.29) is 0 Å². The summed E-state index contributed by atoms with van der Waals surface area (Å²) in [6.45, 7) is 3.74. The number of benzene rings is 1. The lowest BCUT2D eigenvalue weighted by molar-refractivity contribution is 0.0889. The topological polar surface area (TPSA) is 17.4 Å². The molecule has 2 fully saturated rings. The van der Waals surface area contributed by atoms with E-state index in [0.29, 0.717) is 5.54 Å². The Morgan fingerprint density at radius 1 is 1.21 bits per heavy atom. The summed E-state index contributed by atoms with van der Waals surface area (Å²) < 4.78 is 7.71. The van der Waals surface area contributed by atoms with Crippen molar-refractivity contribution < 1.29 is 4.74 Å². The largest absolute Gasteiger partial charge is 0.497 e. The lowest BCUT2D eigenvalue weighted by atomic mass is 10.1. The second kappa shape index (κ2) is 4.01. The van der Waals surface area contributed by atoms with E-state index in [0.717, 1.165) is 12.3 Å². The number of ether oxygens (including phenoxy) is 1. The van der Waals surface area contributed by atoms with Gasteiger partial charge in [-0.3, -0.25) is 4.90 Å². The van der Waals surface area contributed by atoms with Gasteiger partial charge in [-0.15, -0.1) is 0 Å². The zero-order chi connectivity index (χ0) is 12.9. The van der Waals surface area contributed by atoms with Gasteiger partial charge in [0.2, 0.25) is 0 Å². The molecule has 1 aliphatic heterocycles. The summed E-state index contributed by atoms with van der Waals surface area (Å²) in [4.78, 5) is 2.67. The van der Waals surface area contributed by atoms with Crippen molar-refractivity contribution in [3.05, 3.63) is 30.5 Å². The number of aromatic nitrogens is 1. The van der Waals surface area contributed by atoms with Gasteiger partial charge >= 0.3 is 0 Å². The molecule has 1 saturated carbocycles. The first-order valence-corrected chi connectivity index (χ1v) is 7.19. The second-order valence-corrected chi connectivity index (χ2v) is 5.93. The second-order valence-electron chi connectivity index (χ2n) is 5.93. The van der Waals surface area contributed by atoms with E-state index in [1.54, 1.807) is 7.11 Å². The van der Waals surface area contributed by atoms with Crippen LogP contribution < -0.4 is 4.74 Å². The zero-order valence-electron chi connectivity index (χ0n) is 11.4. The van der Waals surface area contributed by atoms with Gasteiger partial charge in [0.05, 0.1) is 7.11 Å². The molecule has 0 spiro atoms. The van der Waals surface area contributed by atoms with Gasteiger partial charge in [0.1, 0.15) is 5.75 Å². The Labute approximate surface area is 113 Å². The highest BCUT2D eigenvalue weighted by Gasteiger charge is 2.49. The molecule has 0 unspecified atom stereocenters. The first-order valence-electron chi connectivity index (χ1n) is 7.19. The van der Waals surface area contributed by atoms with Crippen molar-refractivity contribution in [1.82, 2.24) is 9.47 Å². The van der Waals surface area contributed by atoms with Crippen molar-refractivity contribution in [2.75, 3.05) is 20.2 Å². The van der Waals surface area contributed by atoms with Crippen LogP contribution in [-0.4, -0.2) is 35.2 Å². The summed E-state index contributed by atoms with van der Waals surface area (Å²) in [5.41, 5.74) is 1.80. The van der Waals surface area contributed by atoms with E-state index in [1.807, 2.05) is 0 Å². The normalized spacial score (nSPS) is 21.3. The molecule has 0 radical (unpaired) electrons. The molecule has 2 aliphatic rings. The molecule has 2 aromatic rings. The highest BCUT2D eigenvalue weighted by molar-refractivity contribution is 5.81. The van der Waals surface area contributed by atoms with Crippen LogP contribution >= 0.6 is 0 Å². The van der Waals surface area contributed by atoms with Crippen LogP contribution in [0.25, 0.3) is 10.9 Å². The number of hydrogen-bond acceptors (Lipinski definition) is 2. The monoisotopic (exact) mass is 256 g/mol. The fourth-order valence-corrected chi connectivity index (χ4v) is 3.27. The van der Waals surface area contributed by atoms with E-state index in [2.05, 4.69) is 39.9 Å². The molecule has 3 nitrogen and oxygen atoms in total. The van der Waals surface area contributed by atoms with Crippen LogP contribution in [0.2, 0.25) is 0 Å². The third kappa shape index (κ3) is 1.76. The quantitative estimate of drug-likeness (QED) is 0.837. The highest BCUT2D eigenvalue weighted by Crippen LogP contribution is 2.46. The lowest BCUT2D eigenvalue weighted by Crippen LogP contribution is -2.48. The van der Waals surface area contributed by atoms with Gasteiger partial charge in [0.15, 0.2) is 0 Å². The molecule has 1 aromatic heterocycles. The Balaban J connectivity index is 1.64. The standard InChI is InChI=1S/C16H20N2O/c1-19-14-3-4-15-13(11-14)5-10-17(15)12-16(6-7-16)18-8-2-9-18/h3-5,10-11H,2,6-9,12H2,1H3. The van der Waals surface area contributed by atoms with Gasteiger partial charge in [-0.1, -0.05) is 0 Å². The van der Waals surface area contributed by atoms with Gasteiger partial charge in [-0.2, -0.15) is 0 Å². The molecule has 0 bridgehead atoms. The molecule has 1 saturated heterocycles. The number of likely N-dealkylation sites (tertiary alicyclic amines) is 1. The maximum absolute atomic E-state index is 5.29. The molecule has 1 aliphatic carbocycles. The molecule has 100 valence electrons. The van der Waals surface area contributed by atoms with E-state index in [1.165, 1.54) is 43.3 Å². The van der Waals surface area contributed by atoms with Crippen LogP contribution in [0.4, 0.5) is 0 Å². The summed E-state index contributed by atoms with van der Waals surface area (Å²) in [5, 5.41) is 1.28. The van der Waals surface area contributed by atoms with Crippen molar-refractivity contribution in [1.29, 1.82) is 0 Å². The van der Waals surface area contributed by atoms with Gasteiger partial charge in [0, 0.05) is 29.2 Å². The fraction of sp³-hybridized carbons (Fsp3) is 0.500.